The Hall–Kier alpha value is -0.890. The molecule has 0 radical (unpaired) electrons. The van der Waals surface area contributed by atoms with Crippen LogP contribution in [-0.2, 0) is 4.74 Å². The summed E-state index contributed by atoms with van der Waals surface area (Å²) >= 11 is 0. The molecule has 2 rings (SSSR count). The highest BCUT2D eigenvalue weighted by Gasteiger charge is 2.22. The van der Waals surface area contributed by atoms with E-state index in [4.69, 9.17) is 4.74 Å². The lowest BCUT2D eigenvalue weighted by molar-refractivity contribution is -0.0198. The minimum Gasteiger partial charge on any atom is -0.373 e. The standard InChI is InChI=1S/C15H21FO/c1-2-3-4-12-5-10-15(17-11-12)13-6-8-14(16)9-7-13/h6-9,12,15H,2-5,10-11H2,1H3. The molecule has 1 aliphatic heterocycles. The van der Waals surface area contributed by atoms with E-state index in [1.165, 1.54) is 37.8 Å². The first-order valence-corrected chi connectivity index (χ1v) is 6.66. The van der Waals surface area contributed by atoms with Crippen molar-refractivity contribution in [1.82, 2.24) is 0 Å². The molecule has 94 valence electrons. The summed E-state index contributed by atoms with van der Waals surface area (Å²) < 4.78 is 18.7. The molecule has 1 aromatic carbocycles. The zero-order chi connectivity index (χ0) is 12.1. The molecule has 0 amide bonds. The lowest BCUT2D eigenvalue weighted by Crippen LogP contribution is -2.20. The highest BCUT2D eigenvalue weighted by Crippen LogP contribution is 2.32. The molecule has 1 fully saturated rings. The summed E-state index contributed by atoms with van der Waals surface area (Å²) in [6, 6.07) is 6.71. The van der Waals surface area contributed by atoms with Gasteiger partial charge in [0.05, 0.1) is 12.7 Å². The summed E-state index contributed by atoms with van der Waals surface area (Å²) in [6.45, 7) is 3.09. The number of hydrogen-bond donors (Lipinski definition) is 0. The molecule has 0 spiro atoms. The predicted octanol–water partition coefficient (Wildman–Crippen LogP) is 4.48. The zero-order valence-electron chi connectivity index (χ0n) is 10.5. The molecular weight excluding hydrogens is 215 g/mol. The summed E-state index contributed by atoms with van der Waals surface area (Å²) in [5.41, 5.74) is 1.11. The van der Waals surface area contributed by atoms with Crippen LogP contribution in [0.15, 0.2) is 24.3 Å². The van der Waals surface area contributed by atoms with Gasteiger partial charge in [-0.3, -0.25) is 0 Å². The molecular formula is C15H21FO. The monoisotopic (exact) mass is 236 g/mol. The van der Waals surface area contributed by atoms with Crippen LogP contribution in [0.2, 0.25) is 0 Å². The van der Waals surface area contributed by atoms with E-state index in [1.807, 2.05) is 12.1 Å². The van der Waals surface area contributed by atoms with Crippen LogP contribution >= 0.6 is 0 Å². The van der Waals surface area contributed by atoms with Gasteiger partial charge >= 0.3 is 0 Å². The minimum absolute atomic E-state index is 0.175. The van der Waals surface area contributed by atoms with Crippen molar-refractivity contribution >= 4 is 0 Å². The maximum Gasteiger partial charge on any atom is 0.123 e. The van der Waals surface area contributed by atoms with E-state index in [0.717, 1.165) is 24.5 Å². The van der Waals surface area contributed by atoms with Gasteiger partial charge in [-0.1, -0.05) is 31.9 Å². The maximum atomic E-state index is 12.8. The van der Waals surface area contributed by atoms with Gasteiger partial charge in [-0.25, -0.2) is 4.39 Å². The summed E-state index contributed by atoms with van der Waals surface area (Å²) in [5, 5.41) is 0. The summed E-state index contributed by atoms with van der Waals surface area (Å²) in [6.07, 6.45) is 6.33. The van der Waals surface area contributed by atoms with E-state index < -0.39 is 0 Å². The van der Waals surface area contributed by atoms with E-state index in [-0.39, 0.29) is 11.9 Å². The third-order valence-electron chi connectivity index (χ3n) is 3.58. The van der Waals surface area contributed by atoms with Gasteiger partial charge in [0.15, 0.2) is 0 Å². The van der Waals surface area contributed by atoms with Gasteiger partial charge in [-0.15, -0.1) is 0 Å². The largest absolute Gasteiger partial charge is 0.373 e. The van der Waals surface area contributed by atoms with Crippen LogP contribution in [0.4, 0.5) is 4.39 Å². The fourth-order valence-corrected chi connectivity index (χ4v) is 2.47. The third kappa shape index (κ3) is 3.53. The first kappa shape index (κ1) is 12.6. The van der Waals surface area contributed by atoms with Gasteiger partial charge in [-0.05, 0) is 42.9 Å². The molecule has 1 aromatic rings. The molecule has 0 aliphatic carbocycles. The van der Waals surface area contributed by atoms with Crippen LogP contribution in [-0.4, -0.2) is 6.61 Å². The molecule has 1 saturated heterocycles. The molecule has 2 heteroatoms. The zero-order valence-corrected chi connectivity index (χ0v) is 10.5. The highest BCUT2D eigenvalue weighted by molar-refractivity contribution is 5.19. The van der Waals surface area contributed by atoms with Crippen LogP contribution in [0, 0.1) is 11.7 Å². The number of ether oxygens (including phenoxy) is 1. The molecule has 2 unspecified atom stereocenters. The Morgan fingerprint density at radius 1 is 1.24 bits per heavy atom. The third-order valence-corrected chi connectivity index (χ3v) is 3.58. The first-order chi connectivity index (χ1) is 8.29. The van der Waals surface area contributed by atoms with E-state index in [1.54, 1.807) is 0 Å². The van der Waals surface area contributed by atoms with Crippen molar-refractivity contribution in [3.8, 4) is 0 Å². The molecule has 1 aliphatic rings. The fraction of sp³-hybridized carbons (Fsp3) is 0.600. The van der Waals surface area contributed by atoms with Crippen molar-refractivity contribution in [3.63, 3.8) is 0 Å². The lowest BCUT2D eigenvalue weighted by Gasteiger charge is -2.29. The van der Waals surface area contributed by atoms with Crippen molar-refractivity contribution in [2.24, 2.45) is 5.92 Å². The van der Waals surface area contributed by atoms with Gasteiger partial charge in [0.2, 0.25) is 0 Å². The molecule has 2 atom stereocenters. The second-order valence-corrected chi connectivity index (χ2v) is 4.96. The van der Waals surface area contributed by atoms with Crippen LogP contribution in [0.5, 0.6) is 0 Å². The summed E-state index contributed by atoms with van der Waals surface area (Å²) in [5.74, 6) is 0.553. The maximum absolute atomic E-state index is 12.8. The van der Waals surface area contributed by atoms with Gasteiger partial charge in [-0.2, -0.15) is 0 Å². The van der Waals surface area contributed by atoms with Gasteiger partial charge in [0.25, 0.3) is 0 Å². The Kier molecular flexibility index (Phi) is 4.55. The Morgan fingerprint density at radius 3 is 2.59 bits per heavy atom. The molecule has 1 nitrogen and oxygen atoms in total. The Morgan fingerprint density at radius 2 is 2.00 bits per heavy atom. The summed E-state index contributed by atoms with van der Waals surface area (Å²) in [4.78, 5) is 0. The van der Waals surface area contributed by atoms with Crippen LogP contribution in [0.1, 0.15) is 50.7 Å². The van der Waals surface area contributed by atoms with Gasteiger partial charge < -0.3 is 4.74 Å². The Labute approximate surface area is 103 Å². The van der Waals surface area contributed by atoms with E-state index in [2.05, 4.69) is 6.92 Å². The highest BCUT2D eigenvalue weighted by atomic mass is 19.1. The van der Waals surface area contributed by atoms with Crippen molar-refractivity contribution in [1.29, 1.82) is 0 Å². The van der Waals surface area contributed by atoms with Crippen LogP contribution in [0.25, 0.3) is 0 Å². The van der Waals surface area contributed by atoms with Crippen molar-refractivity contribution in [2.45, 2.75) is 45.1 Å². The molecule has 17 heavy (non-hydrogen) atoms. The fourth-order valence-electron chi connectivity index (χ4n) is 2.47. The topological polar surface area (TPSA) is 9.23 Å². The number of rotatable bonds is 4. The van der Waals surface area contributed by atoms with E-state index in [9.17, 15) is 4.39 Å². The van der Waals surface area contributed by atoms with Crippen molar-refractivity contribution < 1.29 is 9.13 Å². The number of benzene rings is 1. The summed E-state index contributed by atoms with van der Waals surface area (Å²) in [7, 11) is 0. The number of hydrogen-bond acceptors (Lipinski definition) is 1. The molecule has 1 heterocycles. The second-order valence-electron chi connectivity index (χ2n) is 4.96. The van der Waals surface area contributed by atoms with Gasteiger partial charge in [0, 0.05) is 0 Å². The Bertz CT molecular complexity index is 325. The smallest absolute Gasteiger partial charge is 0.123 e. The van der Waals surface area contributed by atoms with Crippen molar-refractivity contribution in [3.05, 3.63) is 35.6 Å². The first-order valence-electron chi connectivity index (χ1n) is 6.66. The average molecular weight is 236 g/mol. The molecule has 0 saturated carbocycles. The second kappa shape index (κ2) is 6.15. The quantitative estimate of drug-likeness (QED) is 0.748. The predicted molar refractivity (Wildman–Crippen MR) is 67.3 cm³/mol. The normalized spacial score (nSPS) is 24.8. The SMILES string of the molecule is CCCCC1CCC(c2ccc(F)cc2)OC1. The molecule has 0 N–H and O–H groups in total. The lowest BCUT2D eigenvalue weighted by atomic mass is 9.91. The molecule has 0 bridgehead atoms. The van der Waals surface area contributed by atoms with Crippen LogP contribution in [0.3, 0.4) is 0 Å². The van der Waals surface area contributed by atoms with Crippen LogP contribution < -0.4 is 0 Å². The van der Waals surface area contributed by atoms with E-state index in [0.29, 0.717) is 0 Å². The number of unbranched alkanes of at least 4 members (excludes halogenated alkanes) is 1. The van der Waals surface area contributed by atoms with Gasteiger partial charge in [0.1, 0.15) is 5.82 Å². The van der Waals surface area contributed by atoms with Crippen molar-refractivity contribution in [2.75, 3.05) is 6.61 Å². The molecule has 0 aromatic heterocycles. The average Bonchev–Trinajstić information content (AvgIpc) is 2.38. The Balaban J connectivity index is 1.84. The number of halogens is 1. The minimum atomic E-state index is -0.176. The van der Waals surface area contributed by atoms with E-state index >= 15 is 0 Å².